The fraction of sp³-hybridized carbons (Fsp3) is 0.500. The van der Waals surface area contributed by atoms with Gasteiger partial charge in [0.25, 0.3) is 0 Å². The van der Waals surface area contributed by atoms with E-state index in [4.69, 9.17) is 10.3 Å². The van der Waals surface area contributed by atoms with Crippen molar-refractivity contribution in [2.75, 3.05) is 11.5 Å². The van der Waals surface area contributed by atoms with Crippen molar-refractivity contribution in [1.29, 1.82) is 0 Å². The van der Waals surface area contributed by atoms with Crippen LogP contribution in [-0.4, -0.2) is 10.9 Å². The van der Waals surface area contributed by atoms with Crippen molar-refractivity contribution in [3.63, 3.8) is 0 Å². The maximum atomic E-state index is 5.92. The minimum atomic E-state index is 0.476. The van der Waals surface area contributed by atoms with Gasteiger partial charge in [0.05, 0.1) is 4.88 Å². The smallest absolute Gasteiger partial charge is 0.225 e. The lowest BCUT2D eigenvalue weighted by molar-refractivity contribution is 0.438. The predicted molar refractivity (Wildman–Crippen MR) is 82.6 cm³/mol. The summed E-state index contributed by atoms with van der Waals surface area (Å²) in [5, 5.41) is 4.19. The lowest BCUT2D eigenvalue weighted by atomic mass is 10.0. The largest absolute Gasteiger partial charge is 0.367 e. The van der Waals surface area contributed by atoms with Crippen LogP contribution in [0.15, 0.2) is 10.6 Å². The van der Waals surface area contributed by atoms with Crippen LogP contribution < -0.4 is 5.73 Å². The third-order valence-corrected chi connectivity index (χ3v) is 5.54. The Labute approximate surface area is 121 Å². The number of aromatic nitrogens is 1. The first-order valence-corrected chi connectivity index (χ1v) is 8.56. The molecule has 1 aliphatic rings. The fourth-order valence-electron chi connectivity index (χ4n) is 2.38. The van der Waals surface area contributed by atoms with Crippen LogP contribution in [0.5, 0.6) is 0 Å². The van der Waals surface area contributed by atoms with Crippen LogP contribution in [0.4, 0.5) is 5.88 Å². The number of aryl methyl sites for hydroxylation is 1. The zero-order valence-corrected chi connectivity index (χ0v) is 12.9. The standard InChI is InChI=1S/C14H18N2OS2/c1-8(2)5-10-13(16-17-14(10)15)12-6-9-7-18-4-3-11(9)19-12/h6,8H,3-5,7,15H2,1-2H3. The molecular formula is C14H18N2OS2. The Bertz CT molecular complexity index is 563. The van der Waals surface area contributed by atoms with Gasteiger partial charge in [-0.3, -0.25) is 0 Å². The summed E-state index contributed by atoms with van der Waals surface area (Å²) >= 11 is 3.86. The van der Waals surface area contributed by atoms with Crippen LogP contribution in [0, 0.1) is 5.92 Å². The van der Waals surface area contributed by atoms with Gasteiger partial charge in [0, 0.05) is 16.2 Å². The molecule has 2 aromatic rings. The molecule has 3 rings (SSSR count). The molecule has 2 N–H and O–H groups in total. The molecule has 2 aromatic heterocycles. The molecule has 0 saturated heterocycles. The van der Waals surface area contributed by atoms with Crippen LogP contribution in [-0.2, 0) is 18.6 Å². The first-order chi connectivity index (χ1) is 9.15. The Hall–Kier alpha value is -0.940. The Balaban J connectivity index is 1.99. The molecule has 1 aliphatic heterocycles. The second-order valence-corrected chi connectivity index (χ2v) is 7.58. The normalized spacial score (nSPS) is 14.9. The number of rotatable bonds is 3. The van der Waals surface area contributed by atoms with E-state index in [1.54, 1.807) is 0 Å². The SMILES string of the molecule is CC(C)Cc1c(-c2cc3c(s2)CCSC3)noc1N. The second-order valence-electron chi connectivity index (χ2n) is 5.33. The van der Waals surface area contributed by atoms with Crippen molar-refractivity contribution in [3.8, 4) is 10.6 Å². The summed E-state index contributed by atoms with van der Waals surface area (Å²) in [6.45, 7) is 4.37. The van der Waals surface area contributed by atoms with Crippen LogP contribution in [0.2, 0.25) is 0 Å². The van der Waals surface area contributed by atoms with E-state index >= 15 is 0 Å². The zero-order valence-electron chi connectivity index (χ0n) is 11.2. The molecule has 0 fully saturated rings. The van der Waals surface area contributed by atoms with Gasteiger partial charge in [-0.05, 0) is 36.1 Å². The number of anilines is 1. The van der Waals surface area contributed by atoms with E-state index in [1.165, 1.54) is 27.5 Å². The van der Waals surface area contributed by atoms with E-state index in [-0.39, 0.29) is 0 Å². The van der Waals surface area contributed by atoms with Crippen molar-refractivity contribution in [1.82, 2.24) is 5.16 Å². The van der Waals surface area contributed by atoms with Crippen molar-refractivity contribution < 1.29 is 4.52 Å². The van der Waals surface area contributed by atoms with Gasteiger partial charge < -0.3 is 10.3 Å². The van der Waals surface area contributed by atoms with Gasteiger partial charge >= 0.3 is 0 Å². The van der Waals surface area contributed by atoms with Gasteiger partial charge in [0.1, 0.15) is 5.69 Å². The molecule has 0 bridgehead atoms. The summed E-state index contributed by atoms with van der Waals surface area (Å²) in [5.74, 6) is 3.38. The number of nitrogens with zero attached hydrogens (tertiary/aromatic N) is 1. The van der Waals surface area contributed by atoms with Crippen molar-refractivity contribution in [3.05, 3.63) is 22.1 Å². The molecule has 3 nitrogen and oxygen atoms in total. The summed E-state index contributed by atoms with van der Waals surface area (Å²) in [4.78, 5) is 2.72. The second kappa shape index (κ2) is 5.21. The van der Waals surface area contributed by atoms with Gasteiger partial charge in [-0.15, -0.1) is 11.3 Å². The van der Waals surface area contributed by atoms with E-state index in [2.05, 4.69) is 25.1 Å². The van der Waals surface area contributed by atoms with E-state index in [0.29, 0.717) is 11.8 Å². The first kappa shape index (κ1) is 13.1. The molecule has 0 unspecified atom stereocenters. The molecule has 0 radical (unpaired) electrons. The van der Waals surface area contributed by atoms with Crippen LogP contribution in [0.1, 0.15) is 29.9 Å². The average Bonchev–Trinajstić information content (AvgIpc) is 2.93. The quantitative estimate of drug-likeness (QED) is 0.930. The number of thiophene rings is 1. The number of fused-ring (bicyclic) bond motifs is 1. The van der Waals surface area contributed by atoms with E-state index < -0.39 is 0 Å². The summed E-state index contributed by atoms with van der Waals surface area (Å²) in [6, 6.07) is 2.27. The van der Waals surface area contributed by atoms with Gasteiger partial charge in [-0.2, -0.15) is 11.8 Å². The molecule has 0 atom stereocenters. The number of thioether (sulfide) groups is 1. The van der Waals surface area contributed by atoms with Crippen molar-refractivity contribution in [2.24, 2.45) is 5.92 Å². The van der Waals surface area contributed by atoms with E-state index in [9.17, 15) is 0 Å². The minimum Gasteiger partial charge on any atom is -0.367 e. The zero-order chi connectivity index (χ0) is 13.4. The molecule has 102 valence electrons. The van der Waals surface area contributed by atoms with E-state index in [0.717, 1.165) is 23.4 Å². The topological polar surface area (TPSA) is 52.0 Å². The number of nitrogen functional groups attached to an aromatic ring is 1. The van der Waals surface area contributed by atoms with Crippen molar-refractivity contribution in [2.45, 2.75) is 32.4 Å². The number of hydrogen-bond donors (Lipinski definition) is 1. The molecule has 0 aliphatic carbocycles. The molecule has 0 saturated carbocycles. The highest BCUT2D eigenvalue weighted by atomic mass is 32.2. The maximum absolute atomic E-state index is 5.92. The van der Waals surface area contributed by atoms with Gasteiger partial charge in [0.15, 0.2) is 0 Å². The number of nitrogens with two attached hydrogens (primary N) is 1. The van der Waals surface area contributed by atoms with Gasteiger partial charge in [-0.25, -0.2) is 0 Å². The molecular weight excluding hydrogens is 276 g/mol. The first-order valence-electron chi connectivity index (χ1n) is 6.59. The highest BCUT2D eigenvalue weighted by Crippen LogP contribution is 2.39. The Morgan fingerprint density at radius 2 is 2.32 bits per heavy atom. The molecule has 5 heteroatoms. The monoisotopic (exact) mass is 294 g/mol. The summed E-state index contributed by atoms with van der Waals surface area (Å²) in [7, 11) is 0. The summed E-state index contributed by atoms with van der Waals surface area (Å²) in [6.07, 6.45) is 2.10. The third kappa shape index (κ3) is 2.54. The maximum Gasteiger partial charge on any atom is 0.225 e. The summed E-state index contributed by atoms with van der Waals surface area (Å²) in [5.41, 5.74) is 9.41. The van der Waals surface area contributed by atoms with Crippen LogP contribution in [0.25, 0.3) is 10.6 Å². The minimum absolute atomic E-state index is 0.476. The Kier molecular flexibility index (Phi) is 3.58. The summed E-state index contributed by atoms with van der Waals surface area (Å²) < 4.78 is 5.21. The molecule has 19 heavy (non-hydrogen) atoms. The molecule has 0 aromatic carbocycles. The molecule has 0 spiro atoms. The molecule has 3 heterocycles. The third-order valence-electron chi connectivity index (χ3n) is 3.29. The lowest BCUT2D eigenvalue weighted by Gasteiger charge is -2.08. The van der Waals surface area contributed by atoms with Gasteiger partial charge in [0.2, 0.25) is 5.88 Å². The lowest BCUT2D eigenvalue weighted by Crippen LogP contribution is -1.98. The van der Waals surface area contributed by atoms with Gasteiger partial charge in [-0.1, -0.05) is 19.0 Å². The van der Waals surface area contributed by atoms with Crippen LogP contribution in [0.3, 0.4) is 0 Å². The highest BCUT2D eigenvalue weighted by Gasteiger charge is 2.21. The average molecular weight is 294 g/mol. The predicted octanol–water partition coefficient (Wildman–Crippen LogP) is 3.97. The Morgan fingerprint density at radius 3 is 3.05 bits per heavy atom. The fourth-order valence-corrected chi connectivity index (χ4v) is 4.77. The highest BCUT2D eigenvalue weighted by molar-refractivity contribution is 7.98. The Morgan fingerprint density at radius 1 is 1.47 bits per heavy atom. The molecule has 0 amide bonds. The van der Waals surface area contributed by atoms with Crippen LogP contribution >= 0.6 is 23.1 Å². The van der Waals surface area contributed by atoms with Crippen molar-refractivity contribution >= 4 is 29.0 Å². The van der Waals surface area contributed by atoms with E-state index in [1.807, 2.05) is 23.1 Å². The number of hydrogen-bond acceptors (Lipinski definition) is 5.